The number of aliphatic hydroxyl groups excluding tert-OH is 1. The highest BCUT2D eigenvalue weighted by molar-refractivity contribution is 7.98. The molecule has 0 heterocycles. The van der Waals surface area contributed by atoms with E-state index in [0.717, 1.165) is 11.3 Å². The number of amides is 2. The third-order valence-electron chi connectivity index (χ3n) is 2.94. The second-order valence-electron chi connectivity index (χ2n) is 4.92. The van der Waals surface area contributed by atoms with Gasteiger partial charge in [0.05, 0.1) is 0 Å². The van der Waals surface area contributed by atoms with Crippen LogP contribution in [0.5, 0.6) is 0 Å². The SMILES string of the molecule is CSCCC(O)C(=O)NCc1cccc(C(=O)N(C)C)c1. The number of aliphatic hydroxyl groups is 1. The van der Waals surface area contributed by atoms with Crippen LogP contribution in [0.15, 0.2) is 24.3 Å². The lowest BCUT2D eigenvalue weighted by molar-refractivity contribution is -0.129. The molecule has 2 amide bonds. The van der Waals surface area contributed by atoms with Crippen molar-refractivity contribution in [1.82, 2.24) is 10.2 Å². The van der Waals surface area contributed by atoms with E-state index in [0.29, 0.717) is 18.5 Å². The van der Waals surface area contributed by atoms with Gasteiger partial charge in [-0.25, -0.2) is 0 Å². The predicted octanol–water partition coefficient (Wildman–Crippen LogP) is 1.12. The summed E-state index contributed by atoms with van der Waals surface area (Å²) in [6.07, 6.45) is 1.38. The van der Waals surface area contributed by atoms with Crippen LogP contribution in [0.4, 0.5) is 0 Å². The van der Waals surface area contributed by atoms with E-state index in [2.05, 4.69) is 5.32 Å². The molecule has 0 fully saturated rings. The first kappa shape index (κ1) is 17.5. The average Bonchev–Trinajstić information content (AvgIpc) is 2.49. The molecule has 1 aromatic rings. The fourth-order valence-corrected chi connectivity index (χ4v) is 2.20. The first-order chi connectivity index (χ1) is 9.95. The molecule has 0 bridgehead atoms. The summed E-state index contributed by atoms with van der Waals surface area (Å²) in [5.41, 5.74) is 1.41. The van der Waals surface area contributed by atoms with Crippen molar-refractivity contribution in [2.24, 2.45) is 0 Å². The molecular weight excluding hydrogens is 288 g/mol. The Morgan fingerprint density at radius 1 is 1.38 bits per heavy atom. The number of nitrogens with one attached hydrogen (secondary N) is 1. The van der Waals surface area contributed by atoms with Gasteiger partial charge in [0.25, 0.3) is 5.91 Å². The van der Waals surface area contributed by atoms with Crippen molar-refractivity contribution < 1.29 is 14.7 Å². The van der Waals surface area contributed by atoms with Crippen LogP contribution < -0.4 is 5.32 Å². The maximum atomic E-state index is 11.9. The topological polar surface area (TPSA) is 69.6 Å². The third kappa shape index (κ3) is 5.77. The van der Waals surface area contributed by atoms with E-state index >= 15 is 0 Å². The van der Waals surface area contributed by atoms with Gasteiger partial charge in [-0.1, -0.05) is 12.1 Å². The Morgan fingerprint density at radius 3 is 2.71 bits per heavy atom. The number of hydrogen-bond acceptors (Lipinski definition) is 4. The van der Waals surface area contributed by atoms with Gasteiger partial charge in [-0.05, 0) is 36.1 Å². The standard InChI is InChI=1S/C15H22N2O3S/c1-17(2)15(20)12-6-4-5-11(9-12)10-16-14(19)13(18)7-8-21-3/h4-6,9,13,18H,7-8,10H2,1-3H3,(H,16,19). The Morgan fingerprint density at radius 2 is 2.10 bits per heavy atom. The molecule has 0 saturated heterocycles. The maximum absolute atomic E-state index is 11.9. The van der Waals surface area contributed by atoms with Gasteiger partial charge in [-0.3, -0.25) is 9.59 Å². The fraction of sp³-hybridized carbons (Fsp3) is 0.467. The molecule has 6 heteroatoms. The summed E-state index contributed by atoms with van der Waals surface area (Å²) in [4.78, 5) is 25.1. The molecule has 0 radical (unpaired) electrons. The summed E-state index contributed by atoms with van der Waals surface area (Å²) in [6, 6.07) is 7.10. The first-order valence-corrected chi connectivity index (χ1v) is 8.10. The third-order valence-corrected chi connectivity index (χ3v) is 3.59. The second kappa shape index (κ2) is 8.69. The van der Waals surface area contributed by atoms with E-state index in [9.17, 15) is 14.7 Å². The Labute approximate surface area is 129 Å². The van der Waals surface area contributed by atoms with Gasteiger partial charge in [0, 0.05) is 26.2 Å². The van der Waals surface area contributed by atoms with Gasteiger partial charge in [-0.15, -0.1) is 0 Å². The van der Waals surface area contributed by atoms with Gasteiger partial charge in [0.15, 0.2) is 0 Å². The number of carbonyl (C=O) groups is 2. The van der Waals surface area contributed by atoms with Crippen molar-refractivity contribution in [3.63, 3.8) is 0 Å². The van der Waals surface area contributed by atoms with Crippen molar-refractivity contribution >= 4 is 23.6 Å². The molecule has 0 saturated carbocycles. The lowest BCUT2D eigenvalue weighted by Crippen LogP contribution is -2.34. The molecule has 1 aromatic carbocycles. The minimum atomic E-state index is -0.982. The van der Waals surface area contributed by atoms with Gasteiger partial charge in [0.2, 0.25) is 5.91 Å². The predicted molar refractivity (Wildman–Crippen MR) is 85.3 cm³/mol. The van der Waals surface area contributed by atoms with Crippen LogP contribution in [-0.4, -0.2) is 54.0 Å². The molecule has 0 aliphatic heterocycles. The van der Waals surface area contributed by atoms with Gasteiger partial charge in [-0.2, -0.15) is 11.8 Å². The minimum Gasteiger partial charge on any atom is -0.383 e. The molecule has 0 aliphatic rings. The van der Waals surface area contributed by atoms with E-state index in [1.807, 2.05) is 12.3 Å². The van der Waals surface area contributed by atoms with Crippen LogP contribution in [0.2, 0.25) is 0 Å². The van der Waals surface area contributed by atoms with Gasteiger partial charge in [0.1, 0.15) is 6.10 Å². The van der Waals surface area contributed by atoms with Crippen molar-refractivity contribution in [2.45, 2.75) is 19.1 Å². The molecule has 0 aliphatic carbocycles. The largest absolute Gasteiger partial charge is 0.383 e. The summed E-state index contributed by atoms with van der Waals surface area (Å²) >= 11 is 1.59. The average molecular weight is 310 g/mol. The summed E-state index contributed by atoms with van der Waals surface area (Å²) < 4.78 is 0. The Kier molecular flexibility index (Phi) is 7.25. The smallest absolute Gasteiger partial charge is 0.253 e. The van der Waals surface area contributed by atoms with Crippen molar-refractivity contribution in [3.05, 3.63) is 35.4 Å². The Balaban J connectivity index is 2.58. The molecule has 0 aromatic heterocycles. The highest BCUT2D eigenvalue weighted by Crippen LogP contribution is 2.08. The lowest BCUT2D eigenvalue weighted by atomic mass is 10.1. The summed E-state index contributed by atoms with van der Waals surface area (Å²) in [5, 5.41) is 12.3. The summed E-state index contributed by atoms with van der Waals surface area (Å²) in [6.45, 7) is 0.295. The lowest BCUT2D eigenvalue weighted by Gasteiger charge is -2.13. The number of thioether (sulfide) groups is 1. The molecule has 116 valence electrons. The van der Waals surface area contributed by atoms with E-state index < -0.39 is 6.10 Å². The zero-order chi connectivity index (χ0) is 15.8. The summed E-state index contributed by atoms with van der Waals surface area (Å²) in [5.74, 6) is 0.276. The zero-order valence-electron chi connectivity index (χ0n) is 12.6. The normalized spacial score (nSPS) is 11.8. The van der Waals surface area contributed by atoms with Crippen LogP contribution in [0.1, 0.15) is 22.3 Å². The van der Waals surface area contributed by atoms with Crippen LogP contribution >= 0.6 is 11.8 Å². The number of carbonyl (C=O) groups excluding carboxylic acids is 2. The van der Waals surface area contributed by atoms with E-state index in [1.165, 1.54) is 4.90 Å². The quantitative estimate of drug-likeness (QED) is 0.792. The molecular formula is C15H22N2O3S. The summed E-state index contributed by atoms with van der Waals surface area (Å²) in [7, 11) is 3.39. The van der Waals surface area contributed by atoms with E-state index in [-0.39, 0.29) is 11.8 Å². The van der Waals surface area contributed by atoms with Gasteiger partial charge >= 0.3 is 0 Å². The minimum absolute atomic E-state index is 0.0804. The molecule has 5 nitrogen and oxygen atoms in total. The Bertz CT molecular complexity index is 492. The van der Waals surface area contributed by atoms with Crippen LogP contribution in [0, 0.1) is 0 Å². The first-order valence-electron chi connectivity index (χ1n) is 6.71. The molecule has 0 spiro atoms. The Hall–Kier alpha value is -1.53. The van der Waals surface area contributed by atoms with Crippen molar-refractivity contribution in [2.75, 3.05) is 26.1 Å². The molecule has 1 atom stereocenters. The van der Waals surface area contributed by atoms with E-state index in [4.69, 9.17) is 0 Å². The monoisotopic (exact) mass is 310 g/mol. The van der Waals surface area contributed by atoms with E-state index in [1.54, 1.807) is 44.1 Å². The zero-order valence-corrected chi connectivity index (χ0v) is 13.4. The molecule has 2 N–H and O–H groups in total. The van der Waals surface area contributed by atoms with Crippen LogP contribution in [0.3, 0.4) is 0 Å². The molecule has 1 rings (SSSR count). The fourth-order valence-electron chi connectivity index (χ4n) is 1.74. The number of hydrogen-bond donors (Lipinski definition) is 2. The number of rotatable bonds is 7. The highest BCUT2D eigenvalue weighted by atomic mass is 32.2. The van der Waals surface area contributed by atoms with Crippen LogP contribution in [0.25, 0.3) is 0 Å². The molecule has 21 heavy (non-hydrogen) atoms. The maximum Gasteiger partial charge on any atom is 0.253 e. The van der Waals surface area contributed by atoms with Crippen LogP contribution in [-0.2, 0) is 11.3 Å². The number of nitrogens with zero attached hydrogens (tertiary/aromatic N) is 1. The molecule has 1 unspecified atom stereocenters. The highest BCUT2D eigenvalue weighted by Gasteiger charge is 2.14. The van der Waals surface area contributed by atoms with Crippen molar-refractivity contribution in [3.8, 4) is 0 Å². The second-order valence-corrected chi connectivity index (χ2v) is 5.90. The number of benzene rings is 1. The van der Waals surface area contributed by atoms with Gasteiger partial charge < -0.3 is 15.3 Å². The van der Waals surface area contributed by atoms with Crippen molar-refractivity contribution in [1.29, 1.82) is 0 Å².